The van der Waals surface area contributed by atoms with Crippen LogP contribution in [-0.2, 0) is 9.05 Å². The summed E-state index contributed by atoms with van der Waals surface area (Å²) in [5.41, 5.74) is 0.960. The predicted molar refractivity (Wildman–Crippen MR) is 105 cm³/mol. The van der Waals surface area contributed by atoms with Gasteiger partial charge in [0.05, 0.1) is 5.69 Å². The third-order valence-electron chi connectivity index (χ3n) is 5.20. The molecule has 132 valence electrons. The van der Waals surface area contributed by atoms with Crippen molar-refractivity contribution < 1.29 is 9.05 Å². The summed E-state index contributed by atoms with van der Waals surface area (Å²) in [6.45, 7) is 22.5. The number of para-hydroxylation sites is 1. The highest BCUT2D eigenvalue weighted by molar-refractivity contribution is 6.75. The van der Waals surface area contributed by atoms with Crippen LogP contribution >= 0.6 is 0 Å². The zero-order valence-corrected chi connectivity index (χ0v) is 18.7. The van der Waals surface area contributed by atoms with E-state index < -0.39 is 16.6 Å². The number of hydrogen-bond donors (Lipinski definition) is 0. The van der Waals surface area contributed by atoms with Gasteiger partial charge in [0.1, 0.15) is 0 Å². The zero-order chi connectivity index (χ0) is 18.1. The molecule has 1 rings (SSSR count). The van der Waals surface area contributed by atoms with Crippen molar-refractivity contribution in [1.82, 2.24) is 0 Å². The molecule has 0 atom stereocenters. The van der Waals surface area contributed by atoms with E-state index in [0.29, 0.717) is 0 Å². The van der Waals surface area contributed by atoms with E-state index >= 15 is 0 Å². The van der Waals surface area contributed by atoms with Crippen molar-refractivity contribution in [3.05, 3.63) is 30.3 Å². The first-order valence-corrected chi connectivity index (χ1v) is 14.2. The number of hydrogen-bond acceptors (Lipinski definition) is 3. The van der Waals surface area contributed by atoms with Gasteiger partial charge in [0.2, 0.25) is 16.6 Å². The SMILES string of the molecule is CC(C)(C)[Si](C)(C)ON(O[Si](C)(C)C(C)(C)C)c1ccccc1. The summed E-state index contributed by atoms with van der Waals surface area (Å²) in [6, 6.07) is 10.1. The maximum Gasteiger partial charge on any atom is 0.232 e. The van der Waals surface area contributed by atoms with Gasteiger partial charge >= 0.3 is 0 Å². The third kappa shape index (κ3) is 5.17. The van der Waals surface area contributed by atoms with Crippen LogP contribution < -0.4 is 5.23 Å². The van der Waals surface area contributed by atoms with Gasteiger partial charge in [-0.15, -0.1) is 5.23 Å². The first kappa shape index (κ1) is 20.4. The first-order valence-electron chi connectivity index (χ1n) is 8.41. The molecule has 0 spiro atoms. The topological polar surface area (TPSA) is 21.7 Å². The van der Waals surface area contributed by atoms with Crippen molar-refractivity contribution in [2.24, 2.45) is 0 Å². The van der Waals surface area contributed by atoms with Crippen LogP contribution in [0.15, 0.2) is 30.3 Å². The lowest BCUT2D eigenvalue weighted by atomic mass is 10.2. The van der Waals surface area contributed by atoms with Crippen LogP contribution in [0.4, 0.5) is 5.69 Å². The fourth-order valence-electron chi connectivity index (χ4n) is 1.36. The molecule has 0 N–H and O–H groups in total. The fourth-order valence-corrected chi connectivity index (χ4v) is 3.10. The van der Waals surface area contributed by atoms with Gasteiger partial charge in [0.15, 0.2) is 0 Å². The van der Waals surface area contributed by atoms with Crippen molar-refractivity contribution in [2.75, 3.05) is 5.23 Å². The number of benzene rings is 1. The average molecular weight is 354 g/mol. The minimum absolute atomic E-state index is 0.122. The Balaban J connectivity index is 3.15. The van der Waals surface area contributed by atoms with Gasteiger partial charge in [-0.3, -0.25) is 9.05 Å². The molecule has 23 heavy (non-hydrogen) atoms. The zero-order valence-electron chi connectivity index (χ0n) is 16.7. The molecule has 0 saturated heterocycles. The van der Waals surface area contributed by atoms with Gasteiger partial charge in [0.25, 0.3) is 0 Å². The van der Waals surface area contributed by atoms with E-state index in [1.807, 2.05) is 30.3 Å². The molecule has 0 radical (unpaired) electrons. The second-order valence-electron chi connectivity index (χ2n) is 9.30. The van der Waals surface area contributed by atoms with Gasteiger partial charge < -0.3 is 0 Å². The predicted octanol–water partition coefficient (Wildman–Crippen LogP) is 6.37. The van der Waals surface area contributed by atoms with E-state index in [1.165, 1.54) is 0 Å². The Morgan fingerprint density at radius 3 is 1.35 bits per heavy atom. The molecule has 0 heterocycles. The lowest BCUT2D eigenvalue weighted by Crippen LogP contribution is -2.52. The molecule has 0 aromatic heterocycles. The molecule has 0 unspecified atom stereocenters. The van der Waals surface area contributed by atoms with Gasteiger partial charge in [0, 0.05) is 0 Å². The highest BCUT2D eigenvalue weighted by atomic mass is 28.4. The average Bonchev–Trinajstić information content (AvgIpc) is 2.35. The molecule has 3 nitrogen and oxygen atoms in total. The van der Waals surface area contributed by atoms with Crippen LogP contribution in [0.5, 0.6) is 0 Å². The first-order chi connectivity index (χ1) is 10.2. The van der Waals surface area contributed by atoms with E-state index in [1.54, 1.807) is 5.23 Å². The van der Waals surface area contributed by atoms with E-state index in [0.717, 1.165) is 5.69 Å². The standard InChI is InChI=1S/C18H35NO2Si2/c1-17(2,3)22(7,8)20-19(16-14-12-11-13-15-16)21-23(9,10)18(4,5)6/h11-15H,1-10H3. The Morgan fingerprint density at radius 1 is 0.696 bits per heavy atom. The number of rotatable bonds is 5. The highest BCUT2D eigenvalue weighted by Crippen LogP contribution is 2.41. The molecular weight excluding hydrogens is 318 g/mol. The van der Waals surface area contributed by atoms with Gasteiger partial charge in [-0.25, -0.2) is 0 Å². The Morgan fingerprint density at radius 2 is 1.04 bits per heavy atom. The van der Waals surface area contributed by atoms with Crippen LogP contribution in [0, 0.1) is 0 Å². The molecule has 0 aliphatic rings. The summed E-state index contributed by atoms with van der Waals surface area (Å²) in [5, 5.41) is 1.96. The summed E-state index contributed by atoms with van der Waals surface area (Å²) in [7, 11) is -3.97. The van der Waals surface area contributed by atoms with E-state index in [4.69, 9.17) is 9.05 Å². The molecule has 0 aliphatic heterocycles. The Hall–Kier alpha value is -0.626. The molecule has 0 bridgehead atoms. The smallest absolute Gasteiger partial charge is 0.232 e. The summed E-state index contributed by atoms with van der Waals surface area (Å²) >= 11 is 0. The van der Waals surface area contributed by atoms with Crippen LogP contribution in [0.1, 0.15) is 41.5 Å². The lowest BCUT2D eigenvalue weighted by molar-refractivity contribution is 0.0485. The van der Waals surface area contributed by atoms with E-state index in [9.17, 15) is 0 Å². The second-order valence-corrected chi connectivity index (χ2v) is 18.7. The molecule has 0 saturated carbocycles. The monoisotopic (exact) mass is 353 g/mol. The van der Waals surface area contributed by atoms with E-state index in [2.05, 4.69) is 67.7 Å². The summed E-state index contributed by atoms with van der Waals surface area (Å²) < 4.78 is 13.0. The third-order valence-corrected chi connectivity index (χ3v) is 13.7. The highest BCUT2D eigenvalue weighted by Gasteiger charge is 2.44. The van der Waals surface area contributed by atoms with Crippen LogP contribution in [-0.4, -0.2) is 16.6 Å². The summed E-state index contributed by atoms with van der Waals surface area (Å²) in [4.78, 5) is 0. The van der Waals surface area contributed by atoms with Crippen molar-refractivity contribution in [3.8, 4) is 0 Å². The Bertz CT molecular complexity index is 474. The van der Waals surface area contributed by atoms with Crippen molar-refractivity contribution in [1.29, 1.82) is 0 Å². The summed E-state index contributed by atoms with van der Waals surface area (Å²) in [5.74, 6) is 0. The number of nitrogens with zero attached hydrogens (tertiary/aromatic N) is 1. The maximum atomic E-state index is 6.50. The minimum atomic E-state index is -1.99. The Labute approximate surface area is 145 Å². The van der Waals surface area contributed by atoms with Crippen molar-refractivity contribution in [3.63, 3.8) is 0 Å². The fraction of sp³-hybridized carbons (Fsp3) is 0.667. The maximum absolute atomic E-state index is 6.50. The lowest BCUT2D eigenvalue weighted by Gasteiger charge is -2.44. The van der Waals surface area contributed by atoms with Crippen LogP contribution in [0.3, 0.4) is 0 Å². The van der Waals surface area contributed by atoms with Gasteiger partial charge in [-0.1, -0.05) is 59.7 Å². The normalized spacial score (nSPS) is 14.0. The Kier molecular flexibility index (Phi) is 5.95. The van der Waals surface area contributed by atoms with Crippen molar-refractivity contribution >= 4 is 22.3 Å². The largest absolute Gasteiger partial charge is 0.297 e. The second kappa shape index (κ2) is 6.71. The minimum Gasteiger partial charge on any atom is -0.297 e. The molecular formula is C18H35NO2Si2. The summed E-state index contributed by atoms with van der Waals surface area (Å²) in [6.07, 6.45) is 0. The molecule has 5 heteroatoms. The molecule has 1 aromatic carbocycles. The van der Waals surface area contributed by atoms with Gasteiger partial charge in [-0.2, -0.15) is 0 Å². The van der Waals surface area contributed by atoms with E-state index in [-0.39, 0.29) is 10.1 Å². The van der Waals surface area contributed by atoms with Crippen LogP contribution in [0.25, 0.3) is 0 Å². The van der Waals surface area contributed by atoms with Crippen LogP contribution in [0.2, 0.25) is 36.3 Å². The van der Waals surface area contributed by atoms with Gasteiger partial charge in [-0.05, 0) is 48.4 Å². The number of anilines is 1. The molecule has 1 aromatic rings. The van der Waals surface area contributed by atoms with Crippen molar-refractivity contribution in [2.45, 2.75) is 77.8 Å². The molecule has 0 amide bonds. The quantitative estimate of drug-likeness (QED) is 0.453. The molecule has 0 fully saturated rings. The molecule has 0 aliphatic carbocycles.